The van der Waals surface area contributed by atoms with Crippen molar-refractivity contribution in [2.45, 2.75) is 36.6 Å². The summed E-state index contributed by atoms with van der Waals surface area (Å²) in [5.41, 5.74) is 0.652. The van der Waals surface area contributed by atoms with Crippen LogP contribution in [-0.2, 0) is 10.0 Å². The highest BCUT2D eigenvalue weighted by molar-refractivity contribution is 7.89. The maximum absolute atomic E-state index is 12.1. The number of nitrogens with one attached hydrogen (secondary N) is 2. The number of hydrogen-bond donors (Lipinski definition) is 2. The molecule has 1 saturated carbocycles. The van der Waals surface area contributed by atoms with Gasteiger partial charge in [0.2, 0.25) is 10.0 Å². The molecule has 94 valence electrons. The Balaban J connectivity index is 2.19. The van der Waals surface area contributed by atoms with E-state index in [1.807, 2.05) is 6.92 Å². The van der Waals surface area contributed by atoms with Crippen LogP contribution in [0.5, 0.6) is 0 Å². The second-order valence-corrected chi connectivity index (χ2v) is 6.48. The SMILES string of the molecule is CNc1ccc(S(=O)(=O)NC2(C)CCC2)cc1. The van der Waals surface area contributed by atoms with E-state index in [1.54, 1.807) is 31.3 Å². The Kier molecular flexibility index (Phi) is 3.14. The largest absolute Gasteiger partial charge is 0.388 e. The topological polar surface area (TPSA) is 58.2 Å². The first-order valence-electron chi connectivity index (χ1n) is 5.77. The molecular formula is C12H18N2O2S. The molecule has 0 heterocycles. The fourth-order valence-electron chi connectivity index (χ4n) is 1.99. The molecule has 0 saturated heterocycles. The van der Waals surface area contributed by atoms with Gasteiger partial charge in [-0.25, -0.2) is 13.1 Å². The minimum absolute atomic E-state index is 0.249. The van der Waals surface area contributed by atoms with E-state index in [1.165, 1.54) is 0 Å². The molecule has 0 amide bonds. The molecule has 1 fully saturated rings. The summed E-state index contributed by atoms with van der Waals surface area (Å²) in [5, 5.41) is 2.96. The van der Waals surface area contributed by atoms with E-state index in [2.05, 4.69) is 10.0 Å². The summed E-state index contributed by atoms with van der Waals surface area (Å²) in [6.45, 7) is 1.95. The average molecular weight is 254 g/mol. The van der Waals surface area contributed by atoms with E-state index in [-0.39, 0.29) is 5.54 Å². The molecule has 0 radical (unpaired) electrons. The Morgan fingerprint density at radius 3 is 2.18 bits per heavy atom. The number of anilines is 1. The fraction of sp³-hybridized carbons (Fsp3) is 0.500. The van der Waals surface area contributed by atoms with Crippen molar-refractivity contribution in [3.05, 3.63) is 24.3 Å². The van der Waals surface area contributed by atoms with Gasteiger partial charge in [0.15, 0.2) is 0 Å². The third kappa shape index (κ3) is 2.61. The molecule has 17 heavy (non-hydrogen) atoms. The quantitative estimate of drug-likeness (QED) is 0.863. The molecule has 0 aliphatic heterocycles. The molecule has 0 bridgehead atoms. The van der Waals surface area contributed by atoms with E-state index in [0.29, 0.717) is 4.90 Å². The van der Waals surface area contributed by atoms with Gasteiger partial charge >= 0.3 is 0 Å². The van der Waals surface area contributed by atoms with Gasteiger partial charge < -0.3 is 5.32 Å². The molecule has 0 aromatic heterocycles. The molecule has 4 nitrogen and oxygen atoms in total. The van der Waals surface area contributed by atoms with Crippen LogP contribution in [-0.4, -0.2) is 21.0 Å². The van der Waals surface area contributed by atoms with Crippen LogP contribution in [0, 0.1) is 0 Å². The molecule has 5 heteroatoms. The third-order valence-corrected chi connectivity index (χ3v) is 4.95. The highest BCUT2D eigenvalue weighted by Crippen LogP contribution is 2.32. The monoisotopic (exact) mass is 254 g/mol. The van der Waals surface area contributed by atoms with Crippen LogP contribution < -0.4 is 10.0 Å². The van der Waals surface area contributed by atoms with Crippen LogP contribution in [0.15, 0.2) is 29.2 Å². The van der Waals surface area contributed by atoms with Gasteiger partial charge in [-0.05, 0) is 50.5 Å². The minimum Gasteiger partial charge on any atom is -0.388 e. The average Bonchev–Trinajstić information content (AvgIpc) is 2.26. The molecule has 2 rings (SSSR count). The van der Waals surface area contributed by atoms with Crippen molar-refractivity contribution in [3.63, 3.8) is 0 Å². The van der Waals surface area contributed by atoms with Gasteiger partial charge in [-0.15, -0.1) is 0 Å². The molecule has 2 N–H and O–H groups in total. The molecule has 1 aliphatic rings. The lowest BCUT2D eigenvalue weighted by Gasteiger charge is -2.38. The molecule has 1 aromatic carbocycles. The Morgan fingerprint density at radius 2 is 1.76 bits per heavy atom. The second kappa shape index (κ2) is 4.31. The van der Waals surface area contributed by atoms with Crippen molar-refractivity contribution in [1.29, 1.82) is 0 Å². The first-order valence-corrected chi connectivity index (χ1v) is 7.25. The Morgan fingerprint density at radius 1 is 1.18 bits per heavy atom. The first-order chi connectivity index (χ1) is 7.95. The zero-order valence-electron chi connectivity index (χ0n) is 10.2. The van der Waals surface area contributed by atoms with Crippen LogP contribution in [0.4, 0.5) is 5.69 Å². The fourth-order valence-corrected chi connectivity index (χ4v) is 3.46. The van der Waals surface area contributed by atoms with E-state index < -0.39 is 10.0 Å². The van der Waals surface area contributed by atoms with Gasteiger partial charge in [0, 0.05) is 18.3 Å². The van der Waals surface area contributed by atoms with Gasteiger partial charge in [-0.1, -0.05) is 0 Å². The smallest absolute Gasteiger partial charge is 0.241 e. The van der Waals surface area contributed by atoms with Crippen molar-refractivity contribution in [2.75, 3.05) is 12.4 Å². The van der Waals surface area contributed by atoms with Crippen molar-refractivity contribution < 1.29 is 8.42 Å². The predicted octanol–water partition coefficient (Wildman–Crippen LogP) is 1.95. The molecule has 1 aliphatic carbocycles. The van der Waals surface area contributed by atoms with Gasteiger partial charge in [-0.3, -0.25) is 0 Å². The van der Waals surface area contributed by atoms with Crippen LogP contribution in [0.1, 0.15) is 26.2 Å². The summed E-state index contributed by atoms with van der Waals surface area (Å²) in [4.78, 5) is 0.324. The highest BCUT2D eigenvalue weighted by Gasteiger charge is 2.36. The normalized spacial score (nSPS) is 18.5. The van der Waals surface area contributed by atoms with Crippen molar-refractivity contribution in [3.8, 4) is 0 Å². The summed E-state index contributed by atoms with van der Waals surface area (Å²) < 4.78 is 27.0. The van der Waals surface area contributed by atoms with Crippen molar-refractivity contribution >= 4 is 15.7 Å². The number of hydrogen-bond acceptors (Lipinski definition) is 3. The summed E-state index contributed by atoms with van der Waals surface area (Å²) >= 11 is 0. The Labute approximate surface area is 102 Å². The van der Waals surface area contributed by atoms with Crippen molar-refractivity contribution in [1.82, 2.24) is 4.72 Å². The number of benzene rings is 1. The van der Waals surface area contributed by atoms with Gasteiger partial charge in [0.25, 0.3) is 0 Å². The second-order valence-electron chi connectivity index (χ2n) is 4.79. The van der Waals surface area contributed by atoms with Crippen molar-refractivity contribution in [2.24, 2.45) is 0 Å². The number of rotatable bonds is 4. The highest BCUT2D eigenvalue weighted by atomic mass is 32.2. The lowest BCUT2D eigenvalue weighted by atomic mass is 9.80. The third-order valence-electron chi connectivity index (χ3n) is 3.29. The molecule has 0 unspecified atom stereocenters. The standard InChI is InChI=1S/C12H18N2O2S/c1-12(8-3-9-12)14-17(15,16)11-6-4-10(13-2)5-7-11/h4-7,13-14H,3,8-9H2,1-2H3. The molecular weight excluding hydrogens is 236 g/mol. The predicted molar refractivity (Wildman–Crippen MR) is 68.6 cm³/mol. The van der Waals surface area contributed by atoms with Crippen LogP contribution >= 0.6 is 0 Å². The van der Waals surface area contributed by atoms with E-state index in [0.717, 1.165) is 24.9 Å². The van der Waals surface area contributed by atoms with Crippen LogP contribution in [0.2, 0.25) is 0 Å². The molecule has 1 aromatic rings. The van der Waals surface area contributed by atoms with Gasteiger partial charge in [0.05, 0.1) is 4.90 Å². The molecule has 0 spiro atoms. The van der Waals surface area contributed by atoms with Gasteiger partial charge in [0.1, 0.15) is 0 Å². The van der Waals surface area contributed by atoms with Crippen LogP contribution in [0.3, 0.4) is 0 Å². The number of sulfonamides is 1. The van der Waals surface area contributed by atoms with E-state index in [4.69, 9.17) is 0 Å². The Bertz CT molecular complexity index is 490. The zero-order chi connectivity index (χ0) is 12.5. The minimum atomic E-state index is -3.38. The van der Waals surface area contributed by atoms with Crippen LogP contribution in [0.25, 0.3) is 0 Å². The maximum Gasteiger partial charge on any atom is 0.241 e. The summed E-state index contributed by atoms with van der Waals surface area (Å²) in [5.74, 6) is 0. The summed E-state index contributed by atoms with van der Waals surface area (Å²) in [7, 11) is -1.58. The molecule has 0 atom stereocenters. The van der Waals surface area contributed by atoms with E-state index in [9.17, 15) is 8.42 Å². The Hall–Kier alpha value is -1.07. The van der Waals surface area contributed by atoms with E-state index >= 15 is 0 Å². The lowest BCUT2D eigenvalue weighted by Crippen LogP contribution is -2.50. The first kappa shape index (κ1) is 12.4. The lowest BCUT2D eigenvalue weighted by molar-refractivity contribution is 0.248. The zero-order valence-corrected chi connectivity index (χ0v) is 11.0. The van der Waals surface area contributed by atoms with Gasteiger partial charge in [-0.2, -0.15) is 0 Å². The maximum atomic E-state index is 12.1. The summed E-state index contributed by atoms with van der Waals surface area (Å²) in [6, 6.07) is 6.77. The summed E-state index contributed by atoms with van der Waals surface area (Å²) in [6.07, 6.45) is 2.93.